The Morgan fingerprint density at radius 1 is 1.56 bits per heavy atom. The summed E-state index contributed by atoms with van der Waals surface area (Å²) in [6.45, 7) is 0. The highest BCUT2D eigenvalue weighted by Gasteiger charge is 2.68. The maximum Gasteiger partial charge on any atom is 0.307 e. The maximum atomic E-state index is 11.9. The van der Waals surface area contributed by atoms with E-state index in [4.69, 9.17) is 5.11 Å². The van der Waals surface area contributed by atoms with Crippen LogP contribution in [0.5, 0.6) is 0 Å². The van der Waals surface area contributed by atoms with Gasteiger partial charge in [0.15, 0.2) is 0 Å². The van der Waals surface area contributed by atoms with Crippen LogP contribution in [0, 0.1) is 5.92 Å². The maximum absolute atomic E-state index is 11.9. The molecule has 0 radical (unpaired) electrons. The van der Waals surface area contributed by atoms with E-state index in [0.29, 0.717) is 6.42 Å². The van der Waals surface area contributed by atoms with E-state index in [0.717, 1.165) is 15.7 Å². The third-order valence-electron chi connectivity index (χ3n) is 3.37. The predicted molar refractivity (Wildman–Crippen MR) is 60.2 cm³/mol. The summed E-state index contributed by atoms with van der Waals surface area (Å²) in [5.74, 6) is -1.67. The van der Waals surface area contributed by atoms with Crippen molar-refractivity contribution in [3.8, 4) is 0 Å². The van der Waals surface area contributed by atoms with E-state index in [1.54, 1.807) is 6.07 Å². The summed E-state index contributed by atoms with van der Waals surface area (Å²) < 4.78 is 0.859. The molecule has 5 heteroatoms. The van der Waals surface area contributed by atoms with Crippen molar-refractivity contribution in [3.05, 3.63) is 28.2 Å². The lowest BCUT2D eigenvalue weighted by Gasteiger charge is -2.06. The van der Waals surface area contributed by atoms with Crippen molar-refractivity contribution in [1.29, 1.82) is 0 Å². The number of halogens is 1. The van der Waals surface area contributed by atoms with Gasteiger partial charge in [0.05, 0.1) is 11.3 Å². The quantitative estimate of drug-likeness (QED) is 0.824. The second-order valence-electron chi connectivity index (χ2n) is 4.21. The Labute approximate surface area is 99.8 Å². The molecule has 0 aromatic heterocycles. The number of carbonyl (C=O) groups is 2. The first-order valence-electron chi connectivity index (χ1n) is 4.90. The zero-order valence-corrected chi connectivity index (χ0v) is 9.74. The van der Waals surface area contributed by atoms with Gasteiger partial charge in [-0.15, -0.1) is 0 Å². The zero-order chi connectivity index (χ0) is 11.5. The fourth-order valence-corrected chi connectivity index (χ4v) is 2.82. The van der Waals surface area contributed by atoms with Gasteiger partial charge in [-0.2, -0.15) is 0 Å². The van der Waals surface area contributed by atoms with Gasteiger partial charge >= 0.3 is 5.97 Å². The monoisotopic (exact) mass is 281 g/mol. The van der Waals surface area contributed by atoms with E-state index < -0.39 is 17.3 Å². The minimum absolute atomic E-state index is 0.187. The number of carboxylic acids is 1. The molecule has 1 aliphatic carbocycles. The van der Waals surface area contributed by atoms with Gasteiger partial charge in [0.1, 0.15) is 0 Å². The van der Waals surface area contributed by atoms with Crippen LogP contribution >= 0.6 is 15.9 Å². The molecule has 0 bridgehead atoms. The third-order valence-corrected chi connectivity index (χ3v) is 3.87. The van der Waals surface area contributed by atoms with E-state index in [1.807, 2.05) is 12.1 Å². The summed E-state index contributed by atoms with van der Waals surface area (Å²) in [5, 5.41) is 11.7. The number of nitrogens with one attached hydrogen (secondary N) is 1. The molecule has 1 heterocycles. The van der Waals surface area contributed by atoms with Crippen LogP contribution in [0.1, 0.15) is 12.0 Å². The molecule has 82 valence electrons. The number of amides is 1. The van der Waals surface area contributed by atoms with Gasteiger partial charge in [0.2, 0.25) is 5.91 Å². The molecule has 1 spiro atoms. The van der Waals surface area contributed by atoms with Crippen molar-refractivity contribution in [2.45, 2.75) is 11.8 Å². The highest BCUT2D eigenvalue weighted by molar-refractivity contribution is 9.10. The number of fused-ring (bicyclic) bond motifs is 2. The van der Waals surface area contributed by atoms with Crippen LogP contribution in [0.2, 0.25) is 0 Å². The average molecular weight is 282 g/mol. The van der Waals surface area contributed by atoms with Crippen LogP contribution in [0.4, 0.5) is 5.69 Å². The van der Waals surface area contributed by atoms with E-state index >= 15 is 0 Å². The van der Waals surface area contributed by atoms with Crippen LogP contribution < -0.4 is 5.32 Å². The first kappa shape index (κ1) is 9.84. The zero-order valence-electron chi connectivity index (χ0n) is 8.16. The molecule has 2 aliphatic rings. The van der Waals surface area contributed by atoms with Crippen LogP contribution in [0.3, 0.4) is 0 Å². The van der Waals surface area contributed by atoms with E-state index in [9.17, 15) is 9.59 Å². The Balaban J connectivity index is 2.14. The molecule has 1 fully saturated rings. The Morgan fingerprint density at radius 3 is 2.94 bits per heavy atom. The SMILES string of the molecule is O=C(O)[C@H]1C[C@]12C(=O)Nc1ccc(Br)cc12. The molecule has 0 saturated heterocycles. The van der Waals surface area contributed by atoms with Gasteiger partial charge in [0, 0.05) is 10.2 Å². The van der Waals surface area contributed by atoms with E-state index in [1.165, 1.54) is 0 Å². The minimum atomic E-state index is -0.900. The number of carbonyl (C=O) groups excluding carboxylic acids is 1. The van der Waals surface area contributed by atoms with Gasteiger partial charge in [-0.25, -0.2) is 0 Å². The molecular formula is C11H8BrNO3. The molecule has 0 unspecified atom stereocenters. The van der Waals surface area contributed by atoms with Gasteiger partial charge in [0.25, 0.3) is 0 Å². The number of hydrogen-bond acceptors (Lipinski definition) is 2. The van der Waals surface area contributed by atoms with Crippen LogP contribution in [-0.4, -0.2) is 17.0 Å². The largest absolute Gasteiger partial charge is 0.481 e. The molecule has 3 rings (SSSR count). The van der Waals surface area contributed by atoms with Crippen molar-refractivity contribution < 1.29 is 14.7 Å². The smallest absolute Gasteiger partial charge is 0.307 e. The molecule has 1 aliphatic heterocycles. The van der Waals surface area contributed by atoms with Gasteiger partial charge in [-0.1, -0.05) is 15.9 Å². The molecule has 2 atom stereocenters. The number of anilines is 1. The van der Waals surface area contributed by atoms with Crippen molar-refractivity contribution >= 4 is 33.5 Å². The lowest BCUT2D eigenvalue weighted by Crippen LogP contribution is -2.24. The van der Waals surface area contributed by atoms with E-state index in [-0.39, 0.29) is 5.91 Å². The molecule has 4 nitrogen and oxygen atoms in total. The number of rotatable bonds is 1. The number of benzene rings is 1. The predicted octanol–water partition coefficient (Wildman–Crippen LogP) is 1.74. The fourth-order valence-electron chi connectivity index (χ4n) is 2.46. The van der Waals surface area contributed by atoms with Crippen LogP contribution in [0.25, 0.3) is 0 Å². The summed E-state index contributed by atoms with van der Waals surface area (Å²) in [6, 6.07) is 5.45. The summed E-state index contributed by atoms with van der Waals surface area (Å²) in [6.07, 6.45) is 0.400. The molecule has 1 aromatic carbocycles. The Bertz CT molecular complexity index is 528. The Kier molecular flexibility index (Phi) is 1.75. The van der Waals surface area contributed by atoms with Gasteiger partial charge in [-0.05, 0) is 30.2 Å². The normalized spacial score (nSPS) is 30.1. The molecule has 1 aromatic rings. The van der Waals surface area contributed by atoms with Crippen LogP contribution in [0.15, 0.2) is 22.7 Å². The first-order chi connectivity index (χ1) is 7.55. The summed E-state index contributed by atoms with van der Waals surface area (Å²) in [4.78, 5) is 22.8. The summed E-state index contributed by atoms with van der Waals surface area (Å²) in [7, 11) is 0. The minimum Gasteiger partial charge on any atom is -0.481 e. The number of aliphatic carboxylic acids is 1. The van der Waals surface area contributed by atoms with Crippen molar-refractivity contribution in [2.24, 2.45) is 5.92 Å². The average Bonchev–Trinajstić information content (AvgIpc) is 2.91. The van der Waals surface area contributed by atoms with Gasteiger partial charge < -0.3 is 10.4 Å². The molecular weight excluding hydrogens is 274 g/mol. The van der Waals surface area contributed by atoms with Crippen molar-refractivity contribution in [3.63, 3.8) is 0 Å². The third kappa shape index (κ3) is 1.04. The molecule has 1 saturated carbocycles. The lowest BCUT2D eigenvalue weighted by molar-refractivity contribution is -0.140. The first-order valence-corrected chi connectivity index (χ1v) is 5.69. The van der Waals surface area contributed by atoms with Gasteiger partial charge in [-0.3, -0.25) is 9.59 Å². The second kappa shape index (κ2) is 2.85. The Hall–Kier alpha value is -1.36. The number of hydrogen-bond donors (Lipinski definition) is 2. The van der Waals surface area contributed by atoms with Crippen LogP contribution in [-0.2, 0) is 15.0 Å². The highest BCUT2D eigenvalue weighted by Crippen LogP contribution is 2.60. The standard InChI is InChI=1S/C11H8BrNO3/c12-5-1-2-8-6(3-5)11(10(16)13-8)4-7(11)9(14)15/h1-3,7H,4H2,(H,13,16)(H,14,15)/t7-,11-/m1/s1. The van der Waals surface area contributed by atoms with Crippen molar-refractivity contribution in [1.82, 2.24) is 0 Å². The molecule has 16 heavy (non-hydrogen) atoms. The second-order valence-corrected chi connectivity index (χ2v) is 5.13. The molecule has 1 amide bonds. The summed E-state index contributed by atoms with van der Waals surface area (Å²) >= 11 is 3.33. The lowest BCUT2D eigenvalue weighted by atomic mass is 9.95. The Morgan fingerprint density at radius 2 is 2.31 bits per heavy atom. The van der Waals surface area contributed by atoms with E-state index in [2.05, 4.69) is 21.2 Å². The van der Waals surface area contributed by atoms with Crippen molar-refractivity contribution in [2.75, 3.05) is 5.32 Å². The topological polar surface area (TPSA) is 66.4 Å². The highest BCUT2D eigenvalue weighted by atomic mass is 79.9. The molecule has 2 N–H and O–H groups in total. The number of carboxylic acid groups (broad SMARTS) is 1. The summed E-state index contributed by atoms with van der Waals surface area (Å²) in [5.41, 5.74) is 0.724. The fraction of sp³-hybridized carbons (Fsp3) is 0.273.